The highest BCUT2D eigenvalue weighted by Crippen LogP contribution is 2.28. The maximum absolute atomic E-state index is 12.1. The quantitative estimate of drug-likeness (QED) is 0.738. The molecule has 0 radical (unpaired) electrons. The summed E-state index contributed by atoms with van der Waals surface area (Å²) in [5.74, 6) is -0.167. The molecule has 5 N–H and O–H groups in total. The molecule has 1 aliphatic carbocycles. The first-order chi connectivity index (χ1) is 9.49. The molecule has 0 aliphatic heterocycles. The Bertz CT molecular complexity index is 493. The predicted octanol–water partition coefficient (Wildman–Crippen LogP) is 0.761. The first-order valence-electron chi connectivity index (χ1n) is 6.61. The van der Waals surface area contributed by atoms with Crippen LogP contribution in [0.15, 0.2) is 24.3 Å². The Labute approximate surface area is 117 Å². The average molecular weight is 277 g/mol. The van der Waals surface area contributed by atoms with Crippen LogP contribution in [0.1, 0.15) is 25.7 Å². The standard InChI is InChI=1S/C14H19N3O3/c15-12(18)9-20-11-5-3-10(4-6-11)17-13(19)14(16)7-1-2-8-14/h3-6H,1-2,7-9,16H2,(H2,15,18)(H,17,19). The summed E-state index contributed by atoms with van der Waals surface area (Å²) < 4.78 is 5.14. The van der Waals surface area contributed by atoms with Crippen LogP contribution in [0.3, 0.4) is 0 Å². The summed E-state index contributed by atoms with van der Waals surface area (Å²) in [5.41, 5.74) is 11.0. The summed E-state index contributed by atoms with van der Waals surface area (Å²) in [6.07, 6.45) is 3.42. The van der Waals surface area contributed by atoms with Crippen molar-refractivity contribution in [3.05, 3.63) is 24.3 Å². The fourth-order valence-corrected chi connectivity index (χ4v) is 2.28. The summed E-state index contributed by atoms with van der Waals surface area (Å²) in [7, 11) is 0. The van der Waals surface area contributed by atoms with Gasteiger partial charge in [-0.2, -0.15) is 0 Å². The lowest BCUT2D eigenvalue weighted by Crippen LogP contribution is -2.48. The van der Waals surface area contributed by atoms with Crippen molar-refractivity contribution >= 4 is 17.5 Å². The molecule has 108 valence electrons. The van der Waals surface area contributed by atoms with Gasteiger partial charge in [0.15, 0.2) is 6.61 Å². The topological polar surface area (TPSA) is 107 Å². The molecule has 6 heteroatoms. The monoisotopic (exact) mass is 277 g/mol. The second kappa shape index (κ2) is 5.92. The Hall–Kier alpha value is -2.08. The van der Waals surface area contributed by atoms with Gasteiger partial charge in [-0.25, -0.2) is 0 Å². The van der Waals surface area contributed by atoms with Gasteiger partial charge in [0.1, 0.15) is 5.75 Å². The van der Waals surface area contributed by atoms with Crippen LogP contribution in [0.4, 0.5) is 5.69 Å². The average Bonchev–Trinajstić information content (AvgIpc) is 2.86. The van der Waals surface area contributed by atoms with Gasteiger partial charge in [-0.1, -0.05) is 12.8 Å². The number of hydrogen-bond donors (Lipinski definition) is 3. The van der Waals surface area contributed by atoms with Gasteiger partial charge in [0.05, 0.1) is 5.54 Å². The molecule has 0 aromatic heterocycles. The molecular weight excluding hydrogens is 258 g/mol. The highest BCUT2D eigenvalue weighted by Gasteiger charge is 2.36. The van der Waals surface area contributed by atoms with E-state index in [9.17, 15) is 9.59 Å². The normalized spacial score (nSPS) is 16.6. The minimum absolute atomic E-state index is 0.152. The van der Waals surface area contributed by atoms with Crippen LogP contribution in [0.2, 0.25) is 0 Å². The van der Waals surface area contributed by atoms with Crippen LogP contribution < -0.4 is 21.5 Å². The molecule has 2 amide bonds. The fraction of sp³-hybridized carbons (Fsp3) is 0.429. The van der Waals surface area contributed by atoms with E-state index >= 15 is 0 Å². The molecule has 0 atom stereocenters. The van der Waals surface area contributed by atoms with Crippen LogP contribution in [0.5, 0.6) is 5.75 Å². The number of amides is 2. The second-order valence-corrected chi connectivity index (χ2v) is 5.10. The van der Waals surface area contributed by atoms with E-state index < -0.39 is 11.4 Å². The molecule has 2 rings (SSSR count). The summed E-state index contributed by atoms with van der Waals surface area (Å²) >= 11 is 0. The zero-order valence-corrected chi connectivity index (χ0v) is 11.2. The van der Waals surface area contributed by atoms with Crippen molar-refractivity contribution in [1.29, 1.82) is 0 Å². The van der Waals surface area contributed by atoms with Gasteiger partial charge in [-0.3, -0.25) is 9.59 Å². The van der Waals surface area contributed by atoms with E-state index in [4.69, 9.17) is 16.2 Å². The molecule has 0 heterocycles. The zero-order valence-electron chi connectivity index (χ0n) is 11.2. The Balaban J connectivity index is 1.93. The number of hydrogen-bond acceptors (Lipinski definition) is 4. The van der Waals surface area contributed by atoms with Crippen molar-refractivity contribution < 1.29 is 14.3 Å². The third-order valence-corrected chi connectivity index (χ3v) is 3.44. The molecule has 0 unspecified atom stereocenters. The number of benzene rings is 1. The summed E-state index contributed by atoms with van der Waals surface area (Å²) in [6, 6.07) is 6.73. The van der Waals surface area contributed by atoms with Crippen molar-refractivity contribution in [3.8, 4) is 5.75 Å². The van der Waals surface area contributed by atoms with Crippen LogP contribution in [-0.2, 0) is 9.59 Å². The van der Waals surface area contributed by atoms with E-state index in [2.05, 4.69) is 5.32 Å². The maximum Gasteiger partial charge on any atom is 0.255 e. The second-order valence-electron chi connectivity index (χ2n) is 5.10. The summed E-state index contributed by atoms with van der Waals surface area (Å²) in [6.45, 7) is -0.169. The number of rotatable bonds is 5. The number of nitrogens with two attached hydrogens (primary N) is 2. The van der Waals surface area contributed by atoms with Crippen molar-refractivity contribution in [2.45, 2.75) is 31.2 Å². The lowest BCUT2D eigenvalue weighted by molar-refractivity contribution is -0.121. The molecule has 1 aromatic rings. The number of nitrogens with one attached hydrogen (secondary N) is 1. The Morgan fingerprint density at radius 2 is 1.80 bits per heavy atom. The molecule has 1 aliphatic rings. The maximum atomic E-state index is 12.1. The van der Waals surface area contributed by atoms with Crippen molar-refractivity contribution in [1.82, 2.24) is 0 Å². The Kier molecular flexibility index (Phi) is 4.24. The molecule has 0 spiro atoms. The molecule has 0 bridgehead atoms. The van der Waals surface area contributed by atoms with Crippen molar-refractivity contribution in [2.24, 2.45) is 11.5 Å². The van der Waals surface area contributed by atoms with E-state index in [1.807, 2.05) is 0 Å². The Morgan fingerprint density at radius 3 is 2.35 bits per heavy atom. The van der Waals surface area contributed by atoms with E-state index in [1.165, 1.54) is 0 Å². The number of carbonyl (C=O) groups excluding carboxylic acids is 2. The third-order valence-electron chi connectivity index (χ3n) is 3.44. The van der Waals surface area contributed by atoms with Crippen molar-refractivity contribution in [2.75, 3.05) is 11.9 Å². The van der Waals surface area contributed by atoms with E-state index in [1.54, 1.807) is 24.3 Å². The molecule has 1 aromatic carbocycles. The van der Waals surface area contributed by atoms with Gasteiger partial charge in [0.25, 0.3) is 5.91 Å². The van der Waals surface area contributed by atoms with E-state index in [-0.39, 0.29) is 12.5 Å². The number of ether oxygens (including phenoxy) is 1. The molecule has 6 nitrogen and oxygen atoms in total. The largest absolute Gasteiger partial charge is 0.484 e. The molecule has 1 fully saturated rings. The number of primary amides is 1. The van der Waals surface area contributed by atoms with Crippen LogP contribution in [0.25, 0.3) is 0 Å². The lowest BCUT2D eigenvalue weighted by atomic mass is 9.98. The smallest absolute Gasteiger partial charge is 0.255 e. The highest BCUT2D eigenvalue weighted by molar-refractivity contribution is 5.98. The third kappa shape index (κ3) is 3.48. The fourth-order valence-electron chi connectivity index (χ4n) is 2.28. The predicted molar refractivity (Wildman–Crippen MR) is 75.1 cm³/mol. The highest BCUT2D eigenvalue weighted by atomic mass is 16.5. The van der Waals surface area contributed by atoms with Crippen molar-refractivity contribution in [3.63, 3.8) is 0 Å². The number of anilines is 1. The van der Waals surface area contributed by atoms with Crippen LogP contribution in [0, 0.1) is 0 Å². The molecule has 0 saturated heterocycles. The minimum atomic E-state index is -0.749. The zero-order chi connectivity index (χ0) is 14.6. The van der Waals surface area contributed by atoms with E-state index in [0.717, 1.165) is 25.7 Å². The van der Waals surface area contributed by atoms with Gasteiger partial charge >= 0.3 is 0 Å². The van der Waals surface area contributed by atoms with Crippen LogP contribution in [-0.4, -0.2) is 24.0 Å². The molecule has 1 saturated carbocycles. The first-order valence-corrected chi connectivity index (χ1v) is 6.61. The first kappa shape index (κ1) is 14.3. The summed E-state index contributed by atoms with van der Waals surface area (Å²) in [4.78, 5) is 22.7. The lowest BCUT2D eigenvalue weighted by Gasteiger charge is -2.22. The van der Waals surface area contributed by atoms with E-state index in [0.29, 0.717) is 11.4 Å². The number of carbonyl (C=O) groups is 2. The van der Waals surface area contributed by atoms with Gasteiger partial charge in [0, 0.05) is 5.69 Å². The molecule has 20 heavy (non-hydrogen) atoms. The van der Waals surface area contributed by atoms with Gasteiger partial charge < -0.3 is 21.5 Å². The molecular formula is C14H19N3O3. The van der Waals surface area contributed by atoms with Gasteiger partial charge in [-0.05, 0) is 37.1 Å². The van der Waals surface area contributed by atoms with Crippen LogP contribution >= 0.6 is 0 Å². The Morgan fingerprint density at radius 1 is 1.20 bits per heavy atom. The van der Waals surface area contributed by atoms with Gasteiger partial charge in [-0.15, -0.1) is 0 Å². The minimum Gasteiger partial charge on any atom is -0.484 e. The SMILES string of the molecule is NC(=O)COc1ccc(NC(=O)C2(N)CCCC2)cc1. The summed E-state index contributed by atoms with van der Waals surface area (Å²) in [5, 5.41) is 2.81. The van der Waals surface area contributed by atoms with Gasteiger partial charge in [0.2, 0.25) is 5.91 Å².